The number of sulfone groups is 1. The molecular formula is C35H37NO6S. The lowest BCUT2D eigenvalue weighted by Crippen LogP contribution is -2.28. The van der Waals surface area contributed by atoms with Gasteiger partial charge in [-0.05, 0) is 83.1 Å². The van der Waals surface area contributed by atoms with E-state index in [-0.39, 0.29) is 17.5 Å². The van der Waals surface area contributed by atoms with Gasteiger partial charge in [-0.1, -0.05) is 54.6 Å². The first-order valence-electron chi connectivity index (χ1n) is 14.1. The van der Waals surface area contributed by atoms with E-state index in [2.05, 4.69) is 29.6 Å². The first-order valence-corrected chi connectivity index (χ1v) is 16.0. The molecular weight excluding hydrogens is 562 g/mol. The number of fused-ring (bicyclic) bond motifs is 1. The second-order valence-corrected chi connectivity index (χ2v) is 12.6. The van der Waals surface area contributed by atoms with Crippen LogP contribution in [0.3, 0.4) is 0 Å². The van der Waals surface area contributed by atoms with Crippen molar-refractivity contribution in [3.63, 3.8) is 0 Å². The molecule has 8 heteroatoms. The Morgan fingerprint density at radius 3 is 2.09 bits per heavy atom. The summed E-state index contributed by atoms with van der Waals surface area (Å²) in [4.78, 5) is 0.281. The van der Waals surface area contributed by atoms with Crippen LogP contribution in [0.15, 0.2) is 89.8 Å². The Morgan fingerprint density at radius 2 is 1.44 bits per heavy atom. The molecule has 1 aliphatic heterocycles. The van der Waals surface area contributed by atoms with Gasteiger partial charge in [0.05, 0.1) is 25.2 Å². The van der Waals surface area contributed by atoms with Crippen molar-refractivity contribution in [2.45, 2.75) is 37.5 Å². The van der Waals surface area contributed by atoms with E-state index >= 15 is 0 Å². The van der Waals surface area contributed by atoms with Gasteiger partial charge in [0, 0.05) is 12.8 Å². The van der Waals surface area contributed by atoms with Gasteiger partial charge in [0.1, 0.15) is 13.2 Å². The molecule has 1 N–H and O–H groups in total. The summed E-state index contributed by atoms with van der Waals surface area (Å²) in [5.74, 6) is 2.70. The SMILES string of the molecule is COc1cc(C)c(/C=C/C2NCCc3cc(OCc4ccccc4)c(OC)cc32)cc1OCc1ccc(S(C)(=O)=O)cc1. The van der Waals surface area contributed by atoms with Crippen LogP contribution < -0.4 is 24.3 Å². The average Bonchev–Trinajstić information content (AvgIpc) is 3.02. The maximum absolute atomic E-state index is 11.8. The average molecular weight is 600 g/mol. The third-order valence-electron chi connectivity index (χ3n) is 7.52. The maximum Gasteiger partial charge on any atom is 0.175 e. The fourth-order valence-corrected chi connectivity index (χ4v) is 5.73. The molecule has 0 fully saturated rings. The molecule has 1 heterocycles. The number of hydrogen-bond acceptors (Lipinski definition) is 7. The fraction of sp³-hybridized carbons (Fsp3) is 0.257. The second kappa shape index (κ2) is 13.4. The topological polar surface area (TPSA) is 83.1 Å². The van der Waals surface area contributed by atoms with E-state index < -0.39 is 9.84 Å². The molecule has 0 saturated carbocycles. The lowest BCUT2D eigenvalue weighted by Gasteiger charge is -2.26. The molecule has 0 saturated heterocycles. The molecule has 0 aromatic heterocycles. The van der Waals surface area contributed by atoms with Crippen LogP contribution in [0.1, 0.15) is 39.4 Å². The minimum Gasteiger partial charge on any atom is -0.493 e. The summed E-state index contributed by atoms with van der Waals surface area (Å²) in [6, 6.07) is 24.9. The first kappa shape index (κ1) is 30.2. The van der Waals surface area contributed by atoms with E-state index in [0.717, 1.165) is 46.5 Å². The van der Waals surface area contributed by atoms with Crippen molar-refractivity contribution < 1.29 is 27.4 Å². The van der Waals surface area contributed by atoms with Crippen molar-refractivity contribution in [2.24, 2.45) is 0 Å². The largest absolute Gasteiger partial charge is 0.493 e. The smallest absolute Gasteiger partial charge is 0.175 e. The van der Waals surface area contributed by atoms with Crippen LogP contribution in [0.5, 0.6) is 23.0 Å². The van der Waals surface area contributed by atoms with Crippen molar-refractivity contribution in [1.82, 2.24) is 5.32 Å². The van der Waals surface area contributed by atoms with E-state index in [4.69, 9.17) is 18.9 Å². The lowest BCUT2D eigenvalue weighted by molar-refractivity contribution is 0.283. The van der Waals surface area contributed by atoms with Gasteiger partial charge in [-0.2, -0.15) is 0 Å². The molecule has 0 spiro atoms. The number of benzene rings is 4. The highest BCUT2D eigenvalue weighted by atomic mass is 32.2. The number of rotatable bonds is 11. The zero-order valence-electron chi connectivity index (χ0n) is 24.9. The van der Waals surface area contributed by atoms with Gasteiger partial charge >= 0.3 is 0 Å². The molecule has 1 unspecified atom stereocenters. The van der Waals surface area contributed by atoms with Crippen molar-refractivity contribution in [2.75, 3.05) is 27.0 Å². The number of nitrogens with one attached hydrogen (secondary N) is 1. The molecule has 4 aromatic carbocycles. The minimum atomic E-state index is -3.25. The highest BCUT2D eigenvalue weighted by molar-refractivity contribution is 7.90. The molecule has 1 atom stereocenters. The van der Waals surface area contributed by atoms with Crippen molar-refractivity contribution in [1.29, 1.82) is 0 Å². The lowest BCUT2D eigenvalue weighted by atomic mass is 9.92. The Balaban J connectivity index is 1.34. The van der Waals surface area contributed by atoms with Crippen LogP contribution >= 0.6 is 0 Å². The maximum atomic E-state index is 11.8. The van der Waals surface area contributed by atoms with E-state index in [1.165, 1.54) is 11.8 Å². The van der Waals surface area contributed by atoms with Gasteiger partial charge in [-0.15, -0.1) is 0 Å². The molecule has 0 bridgehead atoms. The third kappa shape index (κ3) is 7.39. The second-order valence-electron chi connectivity index (χ2n) is 10.6. The molecule has 0 radical (unpaired) electrons. The Kier molecular flexibility index (Phi) is 9.38. The predicted octanol–water partition coefficient (Wildman–Crippen LogP) is 6.47. The molecule has 1 aliphatic rings. The van der Waals surface area contributed by atoms with Crippen molar-refractivity contribution in [3.05, 3.63) is 118 Å². The van der Waals surface area contributed by atoms with Gasteiger partial charge in [-0.3, -0.25) is 0 Å². The molecule has 43 heavy (non-hydrogen) atoms. The van der Waals surface area contributed by atoms with E-state index in [1.807, 2.05) is 49.4 Å². The van der Waals surface area contributed by atoms with Gasteiger partial charge in [-0.25, -0.2) is 8.42 Å². The number of ether oxygens (including phenoxy) is 4. The first-order chi connectivity index (χ1) is 20.7. The summed E-state index contributed by atoms with van der Waals surface area (Å²) in [7, 11) is 0.0360. The molecule has 5 rings (SSSR count). The highest BCUT2D eigenvalue weighted by Gasteiger charge is 2.21. The summed E-state index contributed by atoms with van der Waals surface area (Å²) in [5.41, 5.74) is 6.41. The van der Waals surface area contributed by atoms with E-state index in [9.17, 15) is 8.42 Å². The number of methoxy groups -OCH3 is 2. The number of hydrogen-bond donors (Lipinski definition) is 1. The van der Waals surface area contributed by atoms with Crippen LogP contribution in [-0.4, -0.2) is 35.4 Å². The Hall–Kier alpha value is -4.27. The Bertz CT molecular complexity index is 1700. The Labute approximate surface area is 254 Å². The summed E-state index contributed by atoms with van der Waals surface area (Å²) in [6.45, 7) is 3.64. The van der Waals surface area contributed by atoms with Gasteiger partial charge in [0.15, 0.2) is 32.8 Å². The molecule has 0 aliphatic carbocycles. The highest BCUT2D eigenvalue weighted by Crippen LogP contribution is 2.37. The molecule has 7 nitrogen and oxygen atoms in total. The molecule has 224 valence electrons. The summed E-state index contributed by atoms with van der Waals surface area (Å²) in [6.07, 6.45) is 6.35. The standard InChI is InChI=1S/C35H37NO6S/c1-24-18-32(39-2)34(42-23-26-10-13-29(14-11-26)43(4,37)38)19-27(24)12-15-31-30-21-33(40-3)35(20-28(30)16-17-36-31)41-22-25-8-6-5-7-9-25/h5-15,18-21,31,36H,16-17,22-23H2,1-4H3/b15-12+. The van der Waals surface area contributed by atoms with Crippen molar-refractivity contribution in [3.8, 4) is 23.0 Å². The predicted molar refractivity (Wildman–Crippen MR) is 169 cm³/mol. The van der Waals surface area contributed by atoms with E-state index in [1.54, 1.807) is 38.5 Å². The third-order valence-corrected chi connectivity index (χ3v) is 8.65. The van der Waals surface area contributed by atoms with Crippen LogP contribution in [0.4, 0.5) is 0 Å². The quantitative estimate of drug-likeness (QED) is 0.212. The zero-order chi connectivity index (χ0) is 30.4. The van der Waals surface area contributed by atoms with Crippen LogP contribution in [0, 0.1) is 6.92 Å². The van der Waals surface area contributed by atoms with Crippen molar-refractivity contribution >= 4 is 15.9 Å². The fourth-order valence-electron chi connectivity index (χ4n) is 5.10. The van der Waals surface area contributed by atoms with Crippen LogP contribution in [0.2, 0.25) is 0 Å². The van der Waals surface area contributed by atoms with E-state index in [0.29, 0.717) is 23.9 Å². The molecule has 0 amide bonds. The summed E-state index contributed by atoms with van der Waals surface area (Å²) in [5, 5.41) is 3.61. The normalized spacial score (nSPS) is 14.7. The van der Waals surface area contributed by atoms with Gasteiger partial charge in [0.25, 0.3) is 0 Å². The van der Waals surface area contributed by atoms with Crippen LogP contribution in [0.25, 0.3) is 6.08 Å². The van der Waals surface area contributed by atoms with Crippen LogP contribution in [-0.2, 0) is 29.5 Å². The zero-order valence-corrected chi connectivity index (χ0v) is 25.7. The summed E-state index contributed by atoms with van der Waals surface area (Å²) >= 11 is 0. The minimum absolute atomic E-state index is 0.0000485. The number of aryl methyl sites for hydroxylation is 1. The van der Waals surface area contributed by atoms with Gasteiger partial charge in [0.2, 0.25) is 0 Å². The Morgan fingerprint density at radius 1 is 0.814 bits per heavy atom. The monoisotopic (exact) mass is 599 g/mol. The summed E-state index contributed by atoms with van der Waals surface area (Å²) < 4.78 is 47.1. The van der Waals surface area contributed by atoms with Gasteiger partial charge < -0.3 is 24.3 Å². The molecule has 4 aromatic rings.